The maximum Gasteiger partial charge on any atom is 0.265 e. The highest BCUT2D eigenvalue weighted by Crippen LogP contribution is 2.31. The van der Waals surface area contributed by atoms with Crippen LogP contribution in [0.2, 0.25) is 5.02 Å². The van der Waals surface area contributed by atoms with Crippen LogP contribution in [0.15, 0.2) is 42.5 Å². The second-order valence-corrected chi connectivity index (χ2v) is 6.88. The molecule has 136 valence electrons. The van der Waals surface area contributed by atoms with E-state index in [1.165, 1.54) is 0 Å². The van der Waals surface area contributed by atoms with Gasteiger partial charge in [-0.15, -0.1) is 0 Å². The van der Waals surface area contributed by atoms with E-state index < -0.39 is 6.10 Å². The first-order valence-electron chi connectivity index (χ1n) is 8.57. The Morgan fingerprint density at radius 3 is 2.58 bits per heavy atom. The molecule has 1 aliphatic rings. The van der Waals surface area contributed by atoms with Crippen LogP contribution in [0, 0.1) is 12.8 Å². The third kappa shape index (κ3) is 4.55. The fourth-order valence-corrected chi connectivity index (χ4v) is 2.62. The lowest BCUT2D eigenvalue weighted by Crippen LogP contribution is -2.30. The lowest BCUT2D eigenvalue weighted by Gasteiger charge is -2.16. The molecule has 26 heavy (non-hydrogen) atoms. The molecule has 1 unspecified atom stereocenters. The third-order valence-corrected chi connectivity index (χ3v) is 4.53. The van der Waals surface area contributed by atoms with Crippen LogP contribution in [0.4, 0.5) is 11.4 Å². The first-order valence-corrected chi connectivity index (χ1v) is 8.95. The van der Waals surface area contributed by atoms with Crippen LogP contribution in [-0.4, -0.2) is 17.9 Å². The van der Waals surface area contributed by atoms with Gasteiger partial charge in [-0.3, -0.25) is 9.59 Å². The van der Waals surface area contributed by atoms with Crippen molar-refractivity contribution in [2.45, 2.75) is 32.8 Å². The van der Waals surface area contributed by atoms with Gasteiger partial charge in [-0.25, -0.2) is 0 Å². The van der Waals surface area contributed by atoms with E-state index >= 15 is 0 Å². The maximum atomic E-state index is 12.4. The van der Waals surface area contributed by atoms with Crippen LogP contribution in [0.5, 0.6) is 5.75 Å². The number of anilines is 2. The van der Waals surface area contributed by atoms with Crippen molar-refractivity contribution in [3.05, 3.63) is 53.1 Å². The van der Waals surface area contributed by atoms with Crippen molar-refractivity contribution in [2.24, 2.45) is 5.92 Å². The van der Waals surface area contributed by atoms with Gasteiger partial charge < -0.3 is 15.4 Å². The summed E-state index contributed by atoms with van der Waals surface area (Å²) in [6.45, 7) is 3.57. The van der Waals surface area contributed by atoms with Crippen molar-refractivity contribution < 1.29 is 14.3 Å². The number of para-hydroxylation sites is 1. The van der Waals surface area contributed by atoms with E-state index in [0.29, 0.717) is 22.1 Å². The zero-order valence-corrected chi connectivity index (χ0v) is 15.5. The van der Waals surface area contributed by atoms with E-state index in [2.05, 4.69) is 10.6 Å². The van der Waals surface area contributed by atoms with Gasteiger partial charge in [-0.2, -0.15) is 0 Å². The first-order chi connectivity index (χ1) is 12.4. The van der Waals surface area contributed by atoms with Crippen molar-refractivity contribution in [3.8, 4) is 5.75 Å². The lowest BCUT2D eigenvalue weighted by molar-refractivity contribution is -0.122. The van der Waals surface area contributed by atoms with Gasteiger partial charge in [0.2, 0.25) is 5.91 Å². The van der Waals surface area contributed by atoms with Gasteiger partial charge in [-0.1, -0.05) is 29.8 Å². The average Bonchev–Trinajstić information content (AvgIpc) is 3.45. The van der Waals surface area contributed by atoms with E-state index in [-0.39, 0.29) is 17.7 Å². The molecule has 2 aromatic carbocycles. The van der Waals surface area contributed by atoms with E-state index in [9.17, 15) is 9.59 Å². The SMILES string of the molecule is Cc1ccc(NC(=O)C(C)Oc2ccccc2Cl)cc1NC(=O)C1CC1. The number of halogens is 1. The molecule has 2 N–H and O–H groups in total. The Morgan fingerprint density at radius 2 is 1.88 bits per heavy atom. The van der Waals surface area contributed by atoms with Crippen molar-refractivity contribution in [2.75, 3.05) is 10.6 Å². The van der Waals surface area contributed by atoms with Crippen LogP contribution in [0.25, 0.3) is 0 Å². The summed E-state index contributed by atoms with van der Waals surface area (Å²) in [5.41, 5.74) is 2.25. The molecule has 2 aromatic rings. The number of aryl methyl sites for hydroxylation is 1. The van der Waals surface area contributed by atoms with Crippen LogP contribution in [-0.2, 0) is 9.59 Å². The Bertz CT molecular complexity index is 834. The Balaban J connectivity index is 1.64. The second-order valence-electron chi connectivity index (χ2n) is 6.47. The molecule has 5 nitrogen and oxygen atoms in total. The summed E-state index contributed by atoms with van der Waals surface area (Å²) in [7, 11) is 0. The molecule has 0 saturated heterocycles. The maximum absolute atomic E-state index is 12.4. The molecular formula is C20H21ClN2O3. The predicted octanol–water partition coefficient (Wildman–Crippen LogP) is 4.40. The second kappa shape index (κ2) is 7.79. The summed E-state index contributed by atoms with van der Waals surface area (Å²) in [4.78, 5) is 24.4. The van der Waals surface area contributed by atoms with Crippen molar-refractivity contribution in [3.63, 3.8) is 0 Å². The molecule has 0 heterocycles. The van der Waals surface area contributed by atoms with E-state index in [1.807, 2.05) is 13.0 Å². The van der Waals surface area contributed by atoms with Gasteiger partial charge in [0.05, 0.1) is 5.02 Å². The van der Waals surface area contributed by atoms with E-state index in [1.54, 1.807) is 43.3 Å². The van der Waals surface area contributed by atoms with Crippen molar-refractivity contribution in [1.82, 2.24) is 0 Å². The topological polar surface area (TPSA) is 67.4 Å². The van der Waals surface area contributed by atoms with Crippen LogP contribution in [0.1, 0.15) is 25.3 Å². The van der Waals surface area contributed by atoms with Gasteiger partial charge in [-0.05, 0) is 56.5 Å². The molecule has 0 aromatic heterocycles. The average molecular weight is 373 g/mol. The summed E-state index contributed by atoms with van der Waals surface area (Å²) in [5.74, 6) is 0.315. The monoisotopic (exact) mass is 372 g/mol. The van der Waals surface area contributed by atoms with E-state index in [4.69, 9.17) is 16.3 Å². The number of carbonyl (C=O) groups is 2. The quantitative estimate of drug-likeness (QED) is 0.789. The van der Waals surface area contributed by atoms with Gasteiger partial charge in [0.25, 0.3) is 5.91 Å². The summed E-state index contributed by atoms with van der Waals surface area (Å²) in [5, 5.41) is 6.18. The first kappa shape index (κ1) is 18.3. The zero-order chi connectivity index (χ0) is 18.7. The largest absolute Gasteiger partial charge is 0.479 e. The van der Waals surface area contributed by atoms with Gasteiger partial charge >= 0.3 is 0 Å². The standard InChI is InChI=1S/C20H21ClN2O3/c1-12-7-10-15(11-17(12)23-20(25)14-8-9-14)22-19(24)13(2)26-18-6-4-3-5-16(18)21/h3-7,10-11,13-14H,8-9H2,1-2H3,(H,22,24)(H,23,25). The molecule has 3 rings (SSSR count). The summed E-state index contributed by atoms with van der Waals surface area (Å²) in [6.07, 6.45) is 1.16. The molecular weight excluding hydrogens is 352 g/mol. The lowest BCUT2D eigenvalue weighted by atomic mass is 10.1. The van der Waals surface area contributed by atoms with E-state index in [0.717, 1.165) is 18.4 Å². The normalized spacial score (nSPS) is 14.4. The fourth-order valence-electron chi connectivity index (χ4n) is 2.44. The summed E-state index contributed by atoms with van der Waals surface area (Å²) in [6, 6.07) is 12.4. The third-order valence-electron chi connectivity index (χ3n) is 4.22. The summed E-state index contributed by atoms with van der Waals surface area (Å²) < 4.78 is 5.62. The Kier molecular flexibility index (Phi) is 5.47. The minimum absolute atomic E-state index is 0.0343. The number of benzene rings is 2. The Morgan fingerprint density at radius 1 is 1.15 bits per heavy atom. The van der Waals surface area contributed by atoms with Gasteiger partial charge in [0, 0.05) is 17.3 Å². The minimum atomic E-state index is -0.722. The summed E-state index contributed by atoms with van der Waals surface area (Å²) >= 11 is 6.05. The van der Waals surface area contributed by atoms with Crippen molar-refractivity contribution >= 4 is 34.8 Å². The highest BCUT2D eigenvalue weighted by molar-refractivity contribution is 6.32. The molecule has 1 aliphatic carbocycles. The zero-order valence-electron chi connectivity index (χ0n) is 14.7. The number of hydrogen-bond acceptors (Lipinski definition) is 3. The number of ether oxygens (including phenoxy) is 1. The Hall–Kier alpha value is -2.53. The van der Waals surface area contributed by atoms with Crippen molar-refractivity contribution in [1.29, 1.82) is 0 Å². The number of hydrogen-bond donors (Lipinski definition) is 2. The van der Waals surface area contributed by atoms with Gasteiger partial charge in [0.15, 0.2) is 6.10 Å². The predicted molar refractivity (Wildman–Crippen MR) is 103 cm³/mol. The molecule has 1 saturated carbocycles. The Labute approximate surface area is 157 Å². The van der Waals surface area contributed by atoms with Crippen LogP contribution >= 0.6 is 11.6 Å². The molecule has 0 bridgehead atoms. The number of nitrogens with one attached hydrogen (secondary N) is 2. The molecule has 1 atom stereocenters. The molecule has 2 amide bonds. The van der Waals surface area contributed by atoms with Crippen LogP contribution < -0.4 is 15.4 Å². The molecule has 6 heteroatoms. The number of carbonyl (C=O) groups excluding carboxylic acids is 2. The highest BCUT2D eigenvalue weighted by Gasteiger charge is 2.29. The van der Waals surface area contributed by atoms with Crippen LogP contribution in [0.3, 0.4) is 0 Å². The fraction of sp³-hybridized carbons (Fsp3) is 0.300. The smallest absolute Gasteiger partial charge is 0.265 e. The highest BCUT2D eigenvalue weighted by atomic mass is 35.5. The molecule has 0 spiro atoms. The molecule has 1 fully saturated rings. The number of rotatable bonds is 6. The van der Waals surface area contributed by atoms with Gasteiger partial charge in [0.1, 0.15) is 5.75 Å². The number of amides is 2. The minimum Gasteiger partial charge on any atom is -0.479 e. The molecule has 0 aliphatic heterocycles. The molecule has 0 radical (unpaired) electrons.